The maximum Gasteiger partial charge on any atom is 0.161 e. The fourth-order valence-electron chi connectivity index (χ4n) is 1.62. The third-order valence-electron chi connectivity index (χ3n) is 3.08. The van der Waals surface area contributed by atoms with E-state index in [1.165, 1.54) is 0 Å². The summed E-state index contributed by atoms with van der Waals surface area (Å²) in [5.41, 5.74) is -0.591. The standard InChI is InChI=1S/C13H24O2/c1-5-8-9-10-12(14)11(4)13(15,6-2)7-3/h15H,4-10H2,1-3H3. The van der Waals surface area contributed by atoms with Gasteiger partial charge in [0.25, 0.3) is 0 Å². The lowest BCUT2D eigenvalue weighted by Gasteiger charge is -2.26. The van der Waals surface area contributed by atoms with Crippen molar-refractivity contribution in [2.75, 3.05) is 0 Å². The molecule has 0 saturated heterocycles. The first-order chi connectivity index (χ1) is 7.01. The zero-order valence-corrected chi connectivity index (χ0v) is 10.3. The van der Waals surface area contributed by atoms with E-state index < -0.39 is 5.60 Å². The predicted octanol–water partition coefficient (Wildman–Crippen LogP) is 3.24. The van der Waals surface area contributed by atoms with Crippen LogP contribution in [0.3, 0.4) is 0 Å². The minimum absolute atomic E-state index is 0.0228. The Hall–Kier alpha value is -0.630. The Bertz CT molecular complexity index is 215. The molecule has 0 spiro atoms. The van der Waals surface area contributed by atoms with Crippen LogP contribution in [-0.2, 0) is 4.79 Å². The van der Waals surface area contributed by atoms with Gasteiger partial charge in [-0.25, -0.2) is 0 Å². The zero-order valence-electron chi connectivity index (χ0n) is 10.3. The summed E-state index contributed by atoms with van der Waals surface area (Å²) in [6.45, 7) is 9.62. The van der Waals surface area contributed by atoms with Gasteiger partial charge >= 0.3 is 0 Å². The molecule has 0 amide bonds. The molecule has 88 valence electrons. The molecule has 2 heteroatoms. The SMILES string of the molecule is C=C(C(=O)CCCCC)C(O)(CC)CC. The fraction of sp³-hybridized carbons (Fsp3) is 0.769. The quantitative estimate of drug-likeness (QED) is 0.495. The molecule has 0 aliphatic carbocycles. The average Bonchev–Trinajstić information content (AvgIpc) is 2.27. The highest BCUT2D eigenvalue weighted by Crippen LogP contribution is 2.25. The van der Waals surface area contributed by atoms with Gasteiger partial charge in [-0.05, 0) is 19.3 Å². The van der Waals surface area contributed by atoms with Gasteiger partial charge < -0.3 is 5.11 Å². The summed E-state index contributed by atoms with van der Waals surface area (Å²) in [6.07, 6.45) is 4.71. The van der Waals surface area contributed by atoms with Crippen LogP contribution in [0.15, 0.2) is 12.2 Å². The first-order valence-corrected chi connectivity index (χ1v) is 5.96. The number of hydrogen-bond acceptors (Lipinski definition) is 2. The van der Waals surface area contributed by atoms with Crippen molar-refractivity contribution in [3.63, 3.8) is 0 Å². The molecule has 0 rings (SSSR count). The maximum absolute atomic E-state index is 11.7. The Morgan fingerprint density at radius 3 is 2.13 bits per heavy atom. The fourth-order valence-corrected chi connectivity index (χ4v) is 1.62. The van der Waals surface area contributed by atoms with E-state index in [-0.39, 0.29) is 5.78 Å². The zero-order chi connectivity index (χ0) is 11.9. The van der Waals surface area contributed by atoms with Crippen LogP contribution in [-0.4, -0.2) is 16.5 Å². The second-order valence-electron chi connectivity index (χ2n) is 4.10. The van der Waals surface area contributed by atoms with Crippen molar-refractivity contribution in [3.05, 3.63) is 12.2 Å². The smallest absolute Gasteiger partial charge is 0.161 e. The molecule has 0 atom stereocenters. The molecule has 1 N–H and O–H groups in total. The van der Waals surface area contributed by atoms with Gasteiger partial charge in [-0.2, -0.15) is 0 Å². The van der Waals surface area contributed by atoms with Crippen LogP contribution in [0, 0.1) is 0 Å². The molecular formula is C13H24O2. The van der Waals surface area contributed by atoms with Crippen molar-refractivity contribution < 1.29 is 9.90 Å². The number of hydrogen-bond donors (Lipinski definition) is 1. The molecule has 0 bridgehead atoms. The minimum Gasteiger partial charge on any atom is -0.385 e. The predicted molar refractivity (Wildman–Crippen MR) is 63.8 cm³/mol. The second-order valence-corrected chi connectivity index (χ2v) is 4.10. The number of ketones is 1. The third-order valence-corrected chi connectivity index (χ3v) is 3.08. The molecular weight excluding hydrogens is 188 g/mol. The van der Waals surface area contributed by atoms with Gasteiger partial charge in [-0.15, -0.1) is 0 Å². The van der Waals surface area contributed by atoms with E-state index in [1.54, 1.807) is 0 Å². The molecule has 2 nitrogen and oxygen atoms in total. The van der Waals surface area contributed by atoms with E-state index in [0.717, 1.165) is 19.3 Å². The Balaban J connectivity index is 4.24. The van der Waals surface area contributed by atoms with Crippen molar-refractivity contribution in [3.8, 4) is 0 Å². The van der Waals surface area contributed by atoms with Crippen molar-refractivity contribution >= 4 is 5.78 Å². The number of Topliss-reactive ketones (excluding diaryl/α,β-unsaturated/α-hetero) is 1. The monoisotopic (exact) mass is 212 g/mol. The first-order valence-electron chi connectivity index (χ1n) is 5.96. The van der Waals surface area contributed by atoms with Crippen LogP contribution in [0.2, 0.25) is 0 Å². The molecule has 0 fully saturated rings. The molecule has 0 aliphatic heterocycles. The van der Waals surface area contributed by atoms with Crippen LogP contribution in [0.5, 0.6) is 0 Å². The lowest BCUT2D eigenvalue weighted by atomic mass is 9.85. The van der Waals surface area contributed by atoms with Crippen LogP contribution in [0.4, 0.5) is 0 Å². The van der Waals surface area contributed by atoms with Crippen LogP contribution < -0.4 is 0 Å². The second kappa shape index (κ2) is 6.78. The Morgan fingerprint density at radius 2 is 1.73 bits per heavy atom. The highest BCUT2D eigenvalue weighted by molar-refractivity contribution is 5.96. The maximum atomic E-state index is 11.7. The Kier molecular flexibility index (Phi) is 6.50. The molecule has 0 aromatic carbocycles. The number of carbonyl (C=O) groups excluding carboxylic acids is 1. The van der Waals surface area contributed by atoms with Gasteiger partial charge in [0.15, 0.2) is 5.78 Å². The van der Waals surface area contributed by atoms with Crippen LogP contribution in [0.25, 0.3) is 0 Å². The number of rotatable bonds is 8. The van der Waals surface area contributed by atoms with E-state index >= 15 is 0 Å². The summed E-state index contributed by atoms with van der Waals surface area (Å²) < 4.78 is 0. The average molecular weight is 212 g/mol. The van der Waals surface area contributed by atoms with E-state index in [0.29, 0.717) is 24.8 Å². The van der Waals surface area contributed by atoms with Crippen molar-refractivity contribution in [1.29, 1.82) is 0 Å². The molecule has 0 saturated carbocycles. The molecule has 0 heterocycles. The molecule has 0 aliphatic rings. The summed E-state index contributed by atoms with van der Waals surface area (Å²) in [7, 11) is 0. The largest absolute Gasteiger partial charge is 0.385 e. The summed E-state index contributed by atoms with van der Waals surface area (Å²) in [6, 6.07) is 0. The molecule has 15 heavy (non-hydrogen) atoms. The van der Waals surface area contributed by atoms with E-state index in [4.69, 9.17) is 0 Å². The van der Waals surface area contributed by atoms with Gasteiger partial charge in [-0.3, -0.25) is 4.79 Å². The van der Waals surface area contributed by atoms with Gasteiger partial charge in [0, 0.05) is 12.0 Å². The topological polar surface area (TPSA) is 37.3 Å². The highest BCUT2D eigenvalue weighted by Gasteiger charge is 2.29. The van der Waals surface area contributed by atoms with Crippen LogP contribution in [0.1, 0.15) is 59.3 Å². The van der Waals surface area contributed by atoms with Gasteiger partial charge in [-0.1, -0.05) is 40.2 Å². The number of carbonyl (C=O) groups is 1. The summed E-state index contributed by atoms with van der Waals surface area (Å²) in [5, 5.41) is 10.1. The first kappa shape index (κ1) is 14.4. The Morgan fingerprint density at radius 1 is 1.20 bits per heavy atom. The van der Waals surface area contributed by atoms with Gasteiger partial charge in [0.05, 0.1) is 5.60 Å². The third kappa shape index (κ3) is 4.17. The van der Waals surface area contributed by atoms with Crippen molar-refractivity contribution in [2.45, 2.75) is 64.9 Å². The normalized spacial score (nSPS) is 11.5. The molecule has 0 aromatic rings. The lowest BCUT2D eigenvalue weighted by Crippen LogP contribution is -2.32. The summed E-state index contributed by atoms with van der Waals surface area (Å²) >= 11 is 0. The van der Waals surface area contributed by atoms with Crippen molar-refractivity contribution in [1.82, 2.24) is 0 Å². The highest BCUT2D eigenvalue weighted by atomic mass is 16.3. The van der Waals surface area contributed by atoms with Gasteiger partial charge in [0.2, 0.25) is 0 Å². The molecule has 0 unspecified atom stereocenters. The number of unbranched alkanes of at least 4 members (excludes halogenated alkanes) is 2. The lowest BCUT2D eigenvalue weighted by molar-refractivity contribution is -0.118. The Labute approximate surface area is 93.4 Å². The summed E-state index contributed by atoms with van der Waals surface area (Å²) in [4.78, 5) is 11.7. The van der Waals surface area contributed by atoms with Crippen LogP contribution >= 0.6 is 0 Å². The minimum atomic E-state index is -0.983. The number of aliphatic hydroxyl groups is 1. The van der Waals surface area contributed by atoms with E-state index in [1.807, 2.05) is 13.8 Å². The van der Waals surface area contributed by atoms with E-state index in [9.17, 15) is 9.90 Å². The molecule has 0 aromatic heterocycles. The van der Waals surface area contributed by atoms with Gasteiger partial charge in [0.1, 0.15) is 0 Å². The van der Waals surface area contributed by atoms with E-state index in [2.05, 4.69) is 13.5 Å². The summed E-state index contributed by atoms with van der Waals surface area (Å²) in [5.74, 6) is 0.0228. The molecule has 0 radical (unpaired) electrons. The van der Waals surface area contributed by atoms with Crippen molar-refractivity contribution in [2.24, 2.45) is 0 Å².